The minimum atomic E-state index is -0.874. The van der Waals surface area contributed by atoms with E-state index in [-0.39, 0.29) is 34.3 Å². The maximum Gasteiger partial charge on any atom is 0.338 e. The molecule has 0 unspecified atom stereocenters. The van der Waals surface area contributed by atoms with Gasteiger partial charge in [-0.15, -0.1) is 0 Å². The van der Waals surface area contributed by atoms with Crippen molar-refractivity contribution in [3.8, 4) is 23.0 Å². The first kappa shape index (κ1) is 28.3. The summed E-state index contributed by atoms with van der Waals surface area (Å²) in [7, 11) is 1.53. The molecule has 11 heteroatoms. The van der Waals surface area contributed by atoms with Crippen LogP contribution in [-0.2, 0) is 9.53 Å². The Morgan fingerprint density at radius 1 is 1.15 bits per heavy atom. The van der Waals surface area contributed by atoms with Crippen molar-refractivity contribution < 1.29 is 28.8 Å². The average Bonchev–Trinajstić information content (AvgIpc) is 3.20. The van der Waals surface area contributed by atoms with Crippen LogP contribution in [0.25, 0.3) is 6.08 Å². The van der Waals surface area contributed by atoms with Crippen LogP contribution < -0.4 is 29.1 Å². The van der Waals surface area contributed by atoms with Crippen molar-refractivity contribution >= 4 is 35.0 Å². The standard InChI is InChI=1S/C28H29ClN2O7S/c1-6-36-20-13-16(12-18(29)24(20)32)14-21-26(33)31-23(17-10-9-11-19(35-5)25(17)37-7-2)22(27(34)38-8-3)15(4)30-28(31)39-21/h9-14,23,32H,6-8H2,1-5H3/b21-14+/t23-/m0/s1. The highest BCUT2D eigenvalue weighted by Crippen LogP contribution is 2.41. The summed E-state index contributed by atoms with van der Waals surface area (Å²) >= 11 is 7.38. The lowest BCUT2D eigenvalue weighted by Crippen LogP contribution is -2.40. The van der Waals surface area contributed by atoms with Crippen LogP contribution in [0.3, 0.4) is 0 Å². The maximum absolute atomic E-state index is 13.9. The molecule has 1 aliphatic heterocycles. The molecule has 2 heterocycles. The zero-order valence-corrected chi connectivity index (χ0v) is 23.8. The largest absolute Gasteiger partial charge is 0.503 e. The van der Waals surface area contributed by atoms with E-state index in [9.17, 15) is 14.7 Å². The molecule has 0 amide bonds. The van der Waals surface area contributed by atoms with Crippen LogP contribution in [0.5, 0.6) is 23.0 Å². The van der Waals surface area contributed by atoms with Gasteiger partial charge in [0.25, 0.3) is 5.56 Å². The number of halogens is 1. The number of aromatic hydroxyl groups is 1. The molecule has 0 bridgehead atoms. The van der Waals surface area contributed by atoms with Gasteiger partial charge in [0.05, 0.1) is 47.8 Å². The fraction of sp³-hybridized carbons (Fsp3) is 0.321. The second-order valence-electron chi connectivity index (χ2n) is 8.40. The number of carbonyl (C=O) groups excluding carboxylic acids is 1. The Labute approximate surface area is 234 Å². The number of phenols is 1. The van der Waals surface area contributed by atoms with Gasteiger partial charge in [0.2, 0.25) is 0 Å². The fourth-order valence-corrected chi connectivity index (χ4v) is 5.65. The van der Waals surface area contributed by atoms with Gasteiger partial charge in [-0.2, -0.15) is 0 Å². The summed E-state index contributed by atoms with van der Waals surface area (Å²) in [5, 5.41) is 10.3. The molecular formula is C28H29ClN2O7S. The summed E-state index contributed by atoms with van der Waals surface area (Å²) in [5.41, 5.74) is 1.41. The van der Waals surface area contributed by atoms with E-state index in [1.165, 1.54) is 23.0 Å². The number of para-hydroxylation sites is 1. The van der Waals surface area contributed by atoms with E-state index in [0.29, 0.717) is 50.9 Å². The number of ether oxygens (including phenoxy) is 4. The first-order valence-corrected chi connectivity index (χ1v) is 13.6. The second kappa shape index (κ2) is 12.0. The molecule has 0 radical (unpaired) electrons. The lowest BCUT2D eigenvalue weighted by molar-refractivity contribution is -0.139. The van der Waals surface area contributed by atoms with Crippen molar-refractivity contribution in [2.75, 3.05) is 26.9 Å². The summed E-state index contributed by atoms with van der Waals surface area (Å²) in [6.45, 7) is 7.89. The number of esters is 1. The Hall–Kier alpha value is -3.76. The fourth-order valence-electron chi connectivity index (χ4n) is 4.39. The number of carbonyl (C=O) groups is 1. The van der Waals surface area contributed by atoms with Gasteiger partial charge in [0.15, 0.2) is 27.8 Å². The Morgan fingerprint density at radius 2 is 1.90 bits per heavy atom. The van der Waals surface area contributed by atoms with E-state index >= 15 is 0 Å². The molecule has 3 aromatic rings. The van der Waals surface area contributed by atoms with Gasteiger partial charge >= 0.3 is 5.97 Å². The Kier molecular flexibility index (Phi) is 8.66. The van der Waals surface area contributed by atoms with Gasteiger partial charge in [0, 0.05) is 5.56 Å². The predicted octanol–water partition coefficient (Wildman–Crippen LogP) is 3.96. The number of thiazole rings is 1. The molecule has 0 spiro atoms. The number of methoxy groups -OCH3 is 1. The number of hydrogen-bond acceptors (Lipinski definition) is 9. The SMILES string of the molecule is CCOC(=O)C1=C(C)N=c2s/c(=C/c3cc(Cl)c(O)c(OCC)c3)c(=O)n2[C@H]1c1cccc(OC)c1OCC. The molecular weight excluding hydrogens is 544 g/mol. The monoisotopic (exact) mass is 572 g/mol. The minimum Gasteiger partial charge on any atom is -0.503 e. The lowest BCUT2D eigenvalue weighted by Gasteiger charge is -2.26. The predicted molar refractivity (Wildman–Crippen MR) is 149 cm³/mol. The highest BCUT2D eigenvalue weighted by molar-refractivity contribution is 7.07. The van der Waals surface area contributed by atoms with Crippen molar-refractivity contribution in [2.24, 2.45) is 4.99 Å². The quantitative estimate of drug-likeness (QED) is 0.387. The number of hydrogen-bond donors (Lipinski definition) is 1. The molecule has 0 fully saturated rings. The molecule has 2 aromatic carbocycles. The van der Waals surface area contributed by atoms with Crippen LogP contribution in [-0.4, -0.2) is 42.6 Å². The van der Waals surface area contributed by atoms with E-state index in [1.807, 2.05) is 6.92 Å². The number of phenolic OH excluding ortho intramolecular Hbond substituents is 1. The summed E-state index contributed by atoms with van der Waals surface area (Å²) in [6, 6.07) is 7.59. The van der Waals surface area contributed by atoms with Crippen LogP contribution in [0.1, 0.15) is 44.9 Å². The van der Waals surface area contributed by atoms with E-state index in [0.717, 1.165) is 0 Å². The van der Waals surface area contributed by atoms with Crippen molar-refractivity contribution in [3.63, 3.8) is 0 Å². The van der Waals surface area contributed by atoms with Gasteiger partial charge in [0.1, 0.15) is 6.04 Å². The number of fused-ring (bicyclic) bond motifs is 1. The summed E-state index contributed by atoms with van der Waals surface area (Å²) in [5.74, 6) is 0.352. The van der Waals surface area contributed by atoms with E-state index < -0.39 is 12.0 Å². The number of rotatable bonds is 9. The van der Waals surface area contributed by atoms with Crippen molar-refractivity contribution in [1.29, 1.82) is 0 Å². The van der Waals surface area contributed by atoms with Crippen LogP contribution in [0, 0.1) is 0 Å². The number of nitrogens with zero attached hydrogens (tertiary/aromatic N) is 2. The zero-order valence-electron chi connectivity index (χ0n) is 22.2. The van der Waals surface area contributed by atoms with Gasteiger partial charge in [-0.25, -0.2) is 9.79 Å². The van der Waals surface area contributed by atoms with Crippen molar-refractivity contribution in [2.45, 2.75) is 33.7 Å². The molecule has 0 saturated heterocycles. The van der Waals surface area contributed by atoms with Gasteiger partial charge < -0.3 is 24.1 Å². The second-order valence-corrected chi connectivity index (χ2v) is 9.81. The molecule has 1 aliphatic rings. The Bertz CT molecular complexity index is 1620. The van der Waals surface area contributed by atoms with Gasteiger partial charge in [-0.05, 0) is 57.5 Å². The third-order valence-corrected chi connectivity index (χ3v) is 7.25. The van der Waals surface area contributed by atoms with Crippen LogP contribution in [0.2, 0.25) is 5.02 Å². The normalized spacial score (nSPS) is 15.0. The first-order valence-electron chi connectivity index (χ1n) is 12.4. The molecule has 1 atom stereocenters. The summed E-state index contributed by atoms with van der Waals surface area (Å²) in [4.78, 5) is 32.2. The third kappa shape index (κ3) is 5.39. The minimum absolute atomic E-state index is 0.0935. The molecule has 1 N–H and O–H groups in total. The van der Waals surface area contributed by atoms with E-state index in [2.05, 4.69) is 4.99 Å². The molecule has 1 aromatic heterocycles. The Morgan fingerprint density at radius 3 is 2.56 bits per heavy atom. The van der Waals surface area contributed by atoms with Crippen LogP contribution >= 0.6 is 22.9 Å². The number of benzene rings is 2. The summed E-state index contributed by atoms with van der Waals surface area (Å²) < 4.78 is 24.2. The number of allylic oxidation sites excluding steroid dienone is 1. The molecule has 206 valence electrons. The molecule has 0 saturated carbocycles. The number of aromatic nitrogens is 1. The molecule has 39 heavy (non-hydrogen) atoms. The van der Waals surface area contributed by atoms with Crippen molar-refractivity contribution in [1.82, 2.24) is 4.57 Å². The zero-order chi connectivity index (χ0) is 28.3. The highest BCUT2D eigenvalue weighted by Gasteiger charge is 2.36. The van der Waals surface area contributed by atoms with E-state index in [1.54, 1.807) is 57.2 Å². The first-order chi connectivity index (χ1) is 18.7. The van der Waals surface area contributed by atoms with Crippen molar-refractivity contribution in [3.05, 3.63) is 77.4 Å². The topological polar surface area (TPSA) is 109 Å². The molecule has 9 nitrogen and oxygen atoms in total. The Balaban J connectivity index is 2.00. The average molecular weight is 573 g/mol. The molecule has 4 rings (SSSR count). The smallest absolute Gasteiger partial charge is 0.338 e. The molecule has 0 aliphatic carbocycles. The van der Waals surface area contributed by atoms with Crippen LogP contribution in [0.4, 0.5) is 0 Å². The van der Waals surface area contributed by atoms with Gasteiger partial charge in [-0.1, -0.05) is 35.1 Å². The lowest BCUT2D eigenvalue weighted by atomic mass is 9.94. The highest BCUT2D eigenvalue weighted by atomic mass is 35.5. The van der Waals surface area contributed by atoms with Crippen LogP contribution in [0.15, 0.2) is 51.4 Å². The third-order valence-electron chi connectivity index (χ3n) is 5.98. The summed E-state index contributed by atoms with van der Waals surface area (Å²) in [6.07, 6.45) is 1.65. The van der Waals surface area contributed by atoms with E-state index in [4.69, 9.17) is 30.5 Å². The maximum atomic E-state index is 13.9. The van der Waals surface area contributed by atoms with Gasteiger partial charge in [-0.3, -0.25) is 9.36 Å².